The maximum absolute atomic E-state index is 11.8. The number of anilines is 2. The topological polar surface area (TPSA) is 58.4 Å². The van der Waals surface area contributed by atoms with Gasteiger partial charge in [-0.3, -0.25) is 4.79 Å². The number of nitrogen functional groups attached to an aromatic ring is 1. The Morgan fingerprint density at radius 1 is 1.35 bits per heavy atom. The van der Waals surface area contributed by atoms with Crippen LogP contribution in [0.15, 0.2) is 30.3 Å². The molecule has 1 heterocycles. The molecule has 0 aliphatic rings. The van der Waals surface area contributed by atoms with Gasteiger partial charge in [0.2, 0.25) is 0 Å². The van der Waals surface area contributed by atoms with Crippen LogP contribution in [0.2, 0.25) is 4.34 Å². The maximum Gasteiger partial charge on any atom is 0.253 e. The first-order chi connectivity index (χ1) is 9.47. The monoisotopic (exact) mass is 309 g/mol. The SMILES string of the molecule is CN(C)C(=O)c1ccc(NCc2ccc(Cl)s2)c(N)c1. The van der Waals surface area contributed by atoms with Crippen LogP contribution in [-0.2, 0) is 6.54 Å². The standard InChI is InChI=1S/C14H16ClN3OS/c1-18(2)14(19)9-3-5-12(11(16)7-9)17-8-10-4-6-13(15)20-10/h3-7,17H,8,16H2,1-2H3. The summed E-state index contributed by atoms with van der Waals surface area (Å²) in [6.45, 7) is 0.655. The summed E-state index contributed by atoms with van der Waals surface area (Å²) in [5, 5.41) is 3.24. The molecule has 1 aromatic heterocycles. The largest absolute Gasteiger partial charge is 0.397 e. The molecule has 3 N–H and O–H groups in total. The zero-order valence-electron chi connectivity index (χ0n) is 11.3. The Balaban J connectivity index is 2.08. The highest BCUT2D eigenvalue weighted by atomic mass is 35.5. The van der Waals surface area contributed by atoms with Crippen molar-refractivity contribution in [3.63, 3.8) is 0 Å². The van der Waals surface area contributed by atoms with Gasteiger partial charge in [0.25, 0.3) is 5.91 Å². The Bertz CT molecular complexity index is 625. The average Bonchev–Trinajstić information content (AvgIpc) is 2.82. The maximum atomic E-state index is 11.8. The summed E-state index contributed by atoms with van der Waals surface area (Å²) >= 11 is 7.41. The minimum absolute atomic E-state index is 0.0618. The number of hydrogen-bond acceptors (Lipinski definition) is 4. The van der Waals surface area contributed by atoms with Gasteiger partial charge in [-0.15, -0.1) is 11.3 Å². The van der Waals surface area contributed by atoms with Crippen molar-refractivity contribution in [1.82, 2.24) is 4.90 Å². The molecule has 0 aliphatic carbocycles. The van der Waals surface area contributed by atoms with Gasteiger partial charge in [0.05, 0.1) is 15.7 Å². The molecule has 0 unspecified atom stereocenters. The highest BCUT2D eigenvalue weighted by molar-refractivity contribution is 7.16. The normalized spacial score (nSPS) is 10.3. The molecular weight excluding hydrogens is 294 g/mol. The average molecular weight is 310 g/mol. The summed E-state index contributed by atoms with van der Waals surface area (Å²) in [6.07, 6.45) is 0. The molecule has 1 amide bonds. The van der Waals surface area contributed by atoms with Crippen LogP contribution in [0.4, 0.5) is 11.4 Å². The highest BCUT2D eigenvalue weighted by Gasteiger charge is 2.10. The van der Waals surface area contributed by atoms with Crippen molar-refractivity contribution in [3.05, 3.63) is 45.1 Å². The first-order valence-corrected chi connectivity index (χ1v) is 7.26. The van der Waals surface area contributed by atoms with E-state index in [1.54, 1.807) is 26.2 Å². The second-order valence-electron chi connectivity index (χ2n) is 4.56. The van der Waals surface area contributed by atoms with E-state index in [0.29, 0.717) is 17.8 Å². The van der Waals surface area contributed by atoms with E-state index in [-0.39, 0.29) is 5.91 Å². The number of halogens is 1. The zero-order chi connectivity index (χ0) is 14.7. The van der Waals surface area contributed by atoms with E-state index in [0.717, 1.165) is 14.9 Å². The quantitative estimate of drug-likeness (QED) is 0.852. The molecule has 1 aromatic carbocycles. The lowest BCUT2D eigenvalue weighted by Crippen LogP contribution is -2.21. The van der Waals surface area contributed by atoms with Crippen molar-refractivity contribution in [2.24, 2.45) is 0 Å². The van der Waals surface area contributed by atoms with E-state index in [1.807, 2.05) is 18.2 Å². The van der Waals surface area contributed by atoms with E-state index in [4.69, 9.17) is 17.3 Å². The minimum Gasteiger partial charge on any atom is -0.397 e. The number of nitrogens with two attached hydrogens (primary N) is 1. The number of nitrogens with one attached hydrogen (secondary N) is 1. The van der Waals surface area contributed by atoms with Gasteiger partial charge in [-0.05, 0) is 30.3 Å². The Morgan fingerprint density at radius 3 is 2.65 bits per heavy atom. The summed E-state index contributed by atoms with van der Waals surface area (Å²) in [6, 6.07) is 9.11. The summed E-state index contributed by atoms with van der Waals surface area (Å²) in [7, 11) is 3.43. The van der Waals surface area contributed by atoms with Crippen LogP contribution < -0.4 is 11.1 Å². The molecule has 0 bridgehead atoms. The molecule has 0 spiro atoms. The number of thiophene rings is 1. The molecule has 0 atom stereocenters. The Labute approximate surface area is 127 Å². The molecule has 6 heteroatoms. The summed E-state index contributed by atoms with van der Waals surface area (Å²) in [5.41, 5.74) is 7.92. The number of rotatable bonds is 4. The zero-order valence-corrected chi connectivity index (χ0v) is 12.9. The van der Waals surface area contributed by atoms with Crippen LogP contribution in [-0.4, -0.2) is 24.9 Å². The Morgan fingerprint density at radius 2 is 2.10 bits per heavy atom. The third kappa shape index (κ3) is 3.43. The first kappa shape index (κ1) is 14.7. The highest BCUT2D eigenvalue weighted by Crippen LogP contribution is 2.25. The third-order valence-corrected chi connectivity index (χ3v) is 4.02. The Hall–Kier alpha value is -1.72. The first-order valence-electron chi connectivity index (χ1n) is 6.06. The number of carbonyl (C=O) groups excluding carboxylic acids is 1. The molecule has 4 nitrogen and oxygen atoms in total. The van der Waals surface area contributed by atoms with E-state index >= 15 is 0 Å². The third-order valence-electron chi connectivity index (χ3n) is 2.79. The van der Waals surface area contributed by atoms with E-state index in [2.05, 4.69) is 5.32 Å². The number of amides is 1. The number of carbonyl (C=O) groups is 1. The fourth-order valence-corrected chi connectivity index (χ4v) is 2.77. The molecule has 0 aliphatic heterocycles. The van der Waals surface area contributed by atoms with Crippen LogP contribution in [0.1, 0.15) is 15.2 Å². The molecule has 0 fully saturated rings. The van der Waals surface area contributed by atoms with Gasteiger partial charge in [0, 0.05) is 31.1 Å². The van der Waals surface area contributed by atoms with Gasteiger partial charge in [-0.25, -0.2) is 0 Å². The molecule has 20 heavy (non-hydrogen) atoms. The molecule has 0 radical (unpaired) electrons. The van der Waals surface area contributed by atoms with Crippen molar-refractivity contribution in [2.75, 3.05) is 25.1 Å². The van der Waals surface area contributed by atoms with Crippen molar-refractivity contribution in [3.8, 4) is 0 Å². The lowest BCUT2D eigenvalue weighted by atomic mass is 10.1. The predicted octanol–water partition coefficient (Wildman–Crippen LogP) is 3.30. The smallest absolute Gasteiger partial charge is 0.253 e. The number of hydrogen-bond donors (Lipinski definition) is 2. The van der Waals surface area contributed by atoms with Crippen molar-refractivity contribution >= 4 is 40.2 Å². The minimum atomic E-state index is -0.0618. The van der Waals surface area contributed by atoms with Crippen LogP contribution in [0, 0.1) is 0 Å². The molecule has 0 saturated heterocycles. The summed E-state index contributed by atoms with van der Waals surface area (Å²) in [4.78, 5) is 14.5. The van der Waals surface area contributed by atoms with Gasteiger partial charge in [-0.2, -0.15) is 0 Å². The second-order valence-corrected chi connectivity index (χ2v) is 6.36. The molecule has 106 valence electrons. The summed E-state index contributed by atoms with van der Waals surface area (Å²) in [5.74, 6) is -0.0618. The predicted molar refractivity (Wildman–Crippen MR) is 85.5 cm³/mol. The van der Waals surface area contributed by atoms with Gasteiger partial charge in [-0.1, -0.05) is 11.6 Å². The molecule has 2 aromatic rings. The van der Waals surface area contributed by atoms with E-state index < -0.39 is 0 Å². The van der Waals surface area contributed by atoms with Crippen LogP contribution in [0.25, 0.3) is 0 Å². The second kappa shape index (κ2) is 6.15. The molecule has 0 saturated carbocycles. The number of benzene rings is 1. The van der Waals surface area contributed by atoms with Crippen LogP contribution >= 0.6 is 22.9 Å². The van der Waals surface area contributed by atoms with Gasteiger partial charge in [0.15, 0.2) is 0 Å². The Kier molecular flexibility index (Phi) is 4.52. The van der Waals surface area contributed by atoms with Crippen LogP contribution in [0.3, 0.4) is 0 Å². The van der Waals surface area contributed by atoms with Crippen LogP contribution in [0.5, 0.6) is 0 Å². The lowest BCUT2D eigenvalue weighted by Gasteiger charge is -2.13. The molecular formula is C14H16ClN3OS. The summed E-state index contributed by atoms with van der Waals surface area (Å²) < 4.78 is 0.765. The fourth-order valence-electron chi connectivity index (χ4n) is 1.74. The van der Waals surface area contributed by atoms with Gasteiger partial charge < -0.3 is 16.0 Å². The van der Waals surface area contributed by atoms with Crippen molar-refractivity contribution < 1.29 is 4.79 Å². The van der Waals surface area contributed by atoms with E-state index in [9.17, 15) is 4.79 Å². The lowest BCUT2D eigenvalue weighted by molar-refractivity contribution is 0.0827. The van der Waals surface area contributed by atoms with Gasteiger partial charge in [0.1, 0.15) is 0 Å². The fraction of sp³-hybridized carbons (Fsp3) is 0.214. The van der Waals surface area contributed by atoms with Crippen molar-refractivity contribution in [2.45, 2.75) is 6.54 Å². The number of nitrogens with zero attached hydrogens (tertiary/aromatic N) is 1. The van der Waals surface area contributed by atoms with Gasteiger partial charge >= 0.3 is 0 Å². The van der Waals surface area contributed by atoms with E-state index in [1.165, 1.54) is 16.2 Å². The van der Waals surface area contributed by atoms with Crippen molar-refractivity contribution in [1.29, 1.82) is 0 Å². The molecule has 2 rings (SSSR count).